The number of hydrogen-bond donors (Lipinski definition) is 0. The molecule has 94 valence electrons. The Hall–Kier alpha value is -1.63. The standard InChI is InChI=1S/C11H15BN4O2/c17-16(18)9-1-2-11(13-8-9)15-5-3-14(4-6-15)10-7-12-10/h1-2,8,10,12H,3-7H2. The summed E-state index contributed by atoms with van der Waals surface area (Å²) < 4.78 is 0. The van der Waals surface area contributed by atoms with Crippen molar-refractivity contribution in [3.8, 4) is 0 Å². The van der Waals surface area contributed by atoms with Gasteiger partial charge >= 0.3 is 0 Å². The first kappa shape index (κ1) is 11.5. The third kappa shape index (κ3) is 2.31. The third-order valence-corrected chi connectivity index (χ3v) is 3.64. The van der Waals surface area contributed by atoms with Gasteiger partial charge in [-0.1, -0.05) is 6.32 Å². The van der Waals surface area contributed by atoms with Gasteiger partial charge in [0, 0.05) is 32.2 Å². The van der Waals surface area contributed by atoms with Crippen molar-refractivity contribution >= 4 is 18.8 Å². The quantitative estimate of drug-likeness (QED) is 0.436. The molecular weight excluding hydrogens is 231 g/mol. The fourth-order valence-electron chi connectivity index (χ4n) is 2.43. The molecule has 2 saturated heterocycles. The summed E-state index contributed by atoms with van der Waals surface area (Å²) in [5.74, 6) is 1.66. The summed E-state index contributed by atoms with van der Waals surface area (Å²) in [4.78, 5) is 19.0. The Morgan fingerprint density at radius 1 is 1.33 bits per heavy atom. The number of anilines is 1. The number of piperazine rings is 1. The molecule has 2 fully saturated rings. The number of rotatable bonds is 3. The predicted octanol–water partition coefficient (Wildman–Crippen LogP) is 0.306. The molecule has 3 heterocycles. The molecule has 0 saturated carbocycles. The Kier molecular flexibility index (Phi) is 2.91. The first-order chi connectivity index (χ1) is 8.74. The summed E-state index contributed by atoms with van der Waals surface area (Å²) >= 11 is 0. The van der Waals surface area contributed by atoms with E-state index < -0.39 is 4.92 Å². The summed E-state index contributed by atoms with van der Waals surface area (Å²) in [7, 11) is 1.34. The van der Waals surface area contributed by atoms with E-state index in [1.807, 2.05) is 0 Å². The van der Waals surface area contributed by atoms with Gasteiger partial charge in [0.2, 0.25) is 0 Å². The lowest BCUT2D eigenvalue weighted by Gasteiger charge is -2.35. The highest BCUT2D eigenvalue weighted by Gasteiger charge is 2.32. The van der Waals surface area contributed by atoms with E-state index in [4.69, 9.17) is 0 Å². The van der Waals surface area contributed by atoms with Crippen molar-refractivity contribution in [2.45, 2.75) is 12.3 Å². The molecule has 1 unspecified atom stereocenters. The fraction of sp³-hybridized carbons (Fsp3) is 0.545. The largest absolute Gasteiger partial charge is 0.354 e. The van der Waals surface area contributed by atoms with Crippen LogP contribution in [0.2, 0.25) is 6.32 Å². The minimum Gasteiger partial charge on any atom is -0.354 e. The van der Waals surface area contributed by atoms with Gasteiger partial charge in [0.15, 0.2) is 0 Å². The lowest BCUT2D eigenvalue weighted by molar-refractivity contribution is -0.385. The molecule has 1 aromatic heterocycles. The van der Waals surface area contributed by atoms with E-state index in [9.17, 15) is 10.1 Å². The Labute approximate surface area is 106 Å². The molecule has 0 bridgehead atoms. The van der Waals surface area contributed by atoms with Gasteiger partial charge < -0.3 is 9.80 Å². The van der Waals surface area contributed by atoms with Crippen LogP contribution in [-0.2, 0) is 0 Å². The molecule has 0 radical (unpaired) electrons. The third-order valence-electron chi connectivity index (χ3n) is 3.64. The summed E-state index contributed by atoms with van der Waals surface area (Å²) in [5, 5.41) is 10.6. The zero-order chi connectivity index (χ0) is 12.5. The van der Waals surface area contributed by atoms with E-state index in [1.54, 1.807) is 6.07 Å². The number of aromatic nitrogens is 1. The van der Waals surface area contributed by atoms with Gasteiger partial charge in [-0.3, -0.25) is 10.1 Å². The Morgan fingerprint density at radius 2 is 2.06 bits per heavy atom. The highest BCUT2D eigenvalue weighted by molar-refractivity contribution is 6.50. The maximum absolute atomic E-state index is 10.6. The van der Waals surface area contributed by atoms with Crippen LogP contribution in [-0.4, -0.2) is 54.2 Å². The SMILES string of the molecule is O=[N+]([O-])c1ccc(N2CCN(C3BC3)CC2)nc1. The molecule has 2 aliphatic rings. The average molecular weight is 246 g/mol. The van der Waals surface area contributed by atoms with Gasteiger partial charge in [-0.05, 0) is 12.0 Å². The lowest BCUT2D eigenvalue weighted by Crippen LogP contribution is -2.47. The second-order valence-corrected chi connectivity index (χ2v) is 4.89. The summed E-state index contributed by atoms with van der Waals surface area (Å²) in [5.41, 5.74) is 0.0513. The zero-order valence-electron chi connectivity index (χ0n) is 10.2. The first-order valence-electron chi connectivity index (χ1n) is 6.33. The van der Waals surface area contributed by atoms with E-state index >= 15 is 0 Å². The minimum absolute atomic E-state index is 0.0513. The van der Waals surface area contributed by atoms with Gasteiger partial charge in [0.1, 0.15) is 19.3 Å². The molecular formula is C11H15BN4O2. The van der Waals surface area contributed by atoms with Crippen molar-refractivity contribution in [1.82, 2.24) is 9.88 Å². The molecule has 0 spiro atoms. The van der Waals surface area contributed by atoms with Crippen LogP contribution in [0.4, 0.5) is 11.5 Å². The molecule has 0 aliphatic carbocycles. The molecule has 7 heteroatoms. The van der Waals surface area contributed by atoms with Gasteiger partial charge in [0.05, 0.1) is 4.92 Å². The molecule has 0 amide bonds. The number of hydrogen-bond acceptors (Lipinski definition) is 5. The highest BCUT2D eigenvalue weighted by Crippen LogP contribution is 2.22. The van der Waals surface area contributed by atoms with Gasteiger partial charge in [0.25, 0.3) is 5.69 Å². The second-order valence-electron chi connectivity index (χ2n) is 4.89. The molecule has 1 atom stereocenters. The van der Waals surface area contributed by atoms with E-state index in [2.05, 4.69) is 14.8 Å². The summed E-state index contributed by atoms with van der Waals surface area (Å²) in [6.45, 7) is 4.06. The van der Waals surface area contributed by atoms with E-state index in [0.717, 1.165) is 37.9 Å². The van der Waals surface area contributed by atoms with Gasteiger partial charge in [-0.2, -0.15) is 0 Å². The van der Waals surface area contributed by atoms with Crippen LogP contribution in [0.1, 0.15) is 0 Å². The Balaban J connectivity index is 1.62. The predicted molar refractivity (Wildman–Crippen MR) is 70.4 cm³/mol. The zero-order valence-corrected chi connectivity index (χ0v) is 10.2. The molecule has 18 heavy (non-hydrogen) atoms. The van der Waals surface area contributed by atoms with Crippen molar-refractivity contribution < 1.29 is 4.92 Å². The van der Waals surface area contributed by atoms with Crippen molar-refractivity contribution in [3.05, 3.63) is 28.4 Å². The smallest absolute Gasteiger partial charge is 0.287 e. The van der Waals surface area contributed by atoms with Crippen LogP contribution in [0.5, 0.6) is 0 Å². The van der Waals surface area contributed by atoms with Crippen LogP contribution in [0.25, 0.3) is 0 Å². The van der Waals surface area contributed by atoms with Gasteiger partial charge in [-0.25, -0.2) is 4.98 Å². The Bertz CT molecular complexity index is 441. The molecule has 1 aromatic rings. The molecule has 6 nitrogen and oxygen atoms in total. The highest BCUT2D eigenvalue weighted by atomic mass is 16.6. The minimum atomic E-state index is -0.415. The van der Waals surface area contributed by atoms with Crippen LogP contribution >= 0.6 is 0 Å². The van der Waals surface area contributed by atoms with Crippen molar-refractivity contribution in [3.63, 3.8) is 0 Å². The van der Waals surface area contributed by atoms with Crippen LogP contribution in [0.3, 0.4) is 0 Å². The monoisotopic (exact) mass is 246 g/mol. The maximum atomic E-state index is 10.6. The number of pyridine rings is 1. The summed E-state index contributed by atoms with van der Waals surface area (Å²) in [6, 6.07) is 3.26. The molecule has 0 N–H and O–H groups in total. The van der Waals surface area contributed by atoms with E-state index in [-0.39, 0.29) is 5.69 Å². The number of nitrogens with zero attached hydrogens (tertiary/aromatic N) is 4. The Morgan fingerprint density at radius 3 is 2.56 bits per heavy atom. The topological polar surface area (TPSA) is 62.5 Å². The molecule has 2 aliphatic heterocycles. The number of nitro groups is 1. The normalized spacial score (nSPS) is 23.6. The van der Waals surface area contributed by atoms with E-state index in [0.29, 0.717) is 0 Å². The van der Waals surface area contributed by atoms with Crippen LogP contribution in [0, 0.1) is 10.1 Å². The maximum Gasteiger partial charge on any atom is 0.287 e. The van der Waals surface area contributed by atoms with Crippen molar-refractivity contribution in [2.75, 3.05) is 31.1 Å². The van der Waals surface area contributed by atoms with E-state index in [1.165, 1.54) is 25.9 Å². The van der Waals surface area contributed by atoms with Gasteiger partial charge in [-0.15, -0.1) is 0 Å². The second kappa shape index (κ2) is 4.57. The summed E-state index contributed by atoms with van der Waals surface area (Å²) in [6.07, 6.45) is 2.68. The van der Waals surface area contributed by atoms with Crippen molar-refractivity contribution in [2.24, 2.45) is 0 Å². The first-order valence-corrected chi connectivity index (χ1v) is 6.33. The van der Waals surface area contributed by atoms with Crippen LogP contribution < -0.4 is 4.90 Å². The fourth-order valence-corrected chi connectivity index (χ4v) is 2.43. The molecule has 0 aromatic carbocycles. The lowest BCUT2D eigenvalue weighted by atomic mass is 10.1. The van der Waals surface area contributed by atoms with Crippen LogP contribution in [0.15, 0.2) is 18.3 Å². The average Bonchev–Trinajstić information content (AvgIpc) is 3.23. The molecule has 3 rings (SSSR count). The van der Waals surface area contributed by atoms with Crippen molar-refractivity contribution in [1.29, 1.82) is 0 Å².